The van der Waals surface area contributed by atoms with Crippen LogP contribution in [0, 0.1) is 0 Å². The topological polar surface area (TPSA) is 106 Å². The molecule has 1 aliphatic heterocycles. The number of fused-ring (bicyclic) bond motifs is 1. The van der Waals surface area contributed by atoms with Gasteiger partial charge in [-0.15, -0.1) is 0 Å². The summed E-state index contributed by atoms with van der Waals surface area (Å²) in [6, 6.07) is 13.1. The number of nitrogens with zero attached hydrogens (tertiary/aromatic N) is 3. The Morgan fingerprint density at radius 1 is 1.18 bits per heavy atom. The number of thioether (sulfide) groups is 1. The highest BCUT2D eigenvalue weighted by Crippen LogP contribution is 2.44. The normalized spacial score (nSPS) is 13.3. The third-order valence-electron chi connectivity index (χ3n) is 4.99. The Kier molecular flexibility index (Phi) is 7.66. The zero-order valence-electron chi connectivity index (χ0n) is 19.0. The van der Waals surface area contributed by atoms with Crippen LogP contribution in [0.2, 0.25) is 0 Å². The molecule has 1 unspecified atom stereocenters. The van der Waals surface area contributed by atoms with E-state index in [1.807, 2.05) is 42.5 Å². The van der Waals surface area contributed by atoms with E-state index >= 15 is 0 Å². The van der Waals surface area contributed by atoms with E-state index in [4.69, 9.17) is 9.47 Å². The van der Waals surface area contributed by atoms with Crippen LogP contribution in [0.5, 0.6) is 5.75 Å². The van der Waals surface area contributed by atoms with E-state index in [0.717, 1.165) is 27.7 Å². The first-order valence-electron chi connectivity index (χ1n) is 10.5. The zero-order chi connectivity index (χ0) is 24.1. The van der Waals surface area contributed by atoms with Crippen molar-refractivity contribution < 1.29 is 18.5 Å². The van der Waals surface area contributed by atoms with E-state index in [0.29, 0.717) is 35.8 Å². The molecule has 34 heavy (non-hydrogen) atoms. The standard InChI is InChI=1S/C23H25N5O4S2/c1-15(29)28-14-33-21-18(5-4-6-19(21)28)26-22-20(34(3)30)13-24-23(27-22)25-16-7-9-17(10-8-16)32-12-11-31-2/h4-10,13H,11-12,14H2,1-3H3,(H2,24,25,26,27). The number of hydrogen-bond acceptors (Lipinski definition) is 9. The molecule has 3 aromatic rings. The Morgan fingerprint density at radius 3 is 2.68 bits per heavy atom. The summed E-state index contributed by atoms with van der Waals surface area (Å²) >= 11 is 1.57. The summed E-state index contributed by atoms with van der Waals surface area (Å²) in [6.45, 7) is 2.54. The van der Waals surface area contributed by atoms with Crippen molar-refractivity contribution in [1.82, 2.24) is 9.97 Å². The highest BCUT2D eigenvalue weighted by atomic mass is 32.2. The number of anilines is 5. The van der Waals surface area contributed by atoms with Gasteiger partial charge in [0.05, 0.1) is 50.6 Å². The molecule has 2 N–H and O–H groups in total. The number of methoxy groups -OCH3 is 1. The van der Waals surface area contributed by atoms with Crippen LogP contribution in [0.15, 0.2) is 58.5 Å². The Labute approximate surface area is 204 Å². The molecule has 1 aromatic heterocycles. The van der Waals surface area contributed by atoms with E-state index in [2.05, 4.69) is 20.6 Å². The lowest BCUT2D eigenvalue weighted by Crippen LogP contribution is -2.24. The number of carbonyl (C=O) groups is 1. The fourth-order valence-electron chi connectivity index (χ4n) is 3.31. The van der Waals surface area contributed by atoms with Gasteiger partial charge in [-0.3, -0.25) is 9.00 Å². The second-order valence-corrected chi connectivity index (χ2v) is 9.65. The van der Waals surface area contributed by atoms with Gasteiger partial charge in [-0.2, -0.15) is 4.98 Å². The molecule has 1 atom stereocenters. The van der Waals surface area contributed by atoms with Crippen molar-refractivity contribution in [3.63, 3.8) is 0 Å². The van der Waals surface area contributed by atoms with Gasteiger partial charge in [-0.1, -0.05) is 17.8 Å². The third-order valence-corrected chi connectivity index (χ3v) is 7.01. The van der Waals surface area contributed by atoms with E-state index in [-0.39, 0.29) is 5.91 Å². The lowest BCUT2D eigenvalue weighted by Gasteiger charge is -2.16. The van der Waals surface area contributed by atoms with Gasteiger partial charge in [0.2, 0.25) is 11.9 Å². The largest absolute Gasteiger partial charge is 0.491 e. The summed E-state index contributed by atoms with van der Waals surface area (Å²) in [5, 5.41) is 6.47. The number of hydrogen-bond donors (Lipinski definition) is 2. The molecule has 0 radical (unpaired) electrons. The zero-order valence-corrected chi connectivity index (χ0v) is 20.7. The summed E-state index contributed by atoms with van der Waals surface area (Å²) in [4.78, 5) is 24.0. The monoisotopic (exact) mass is 499 g/mol. The van der Waals surface area contributed by atoms with E-state index < -0.39 is 10.8 Å². The molecule has 1 amide bonds. The lowest BCUT2D eigenvalue weighted by atomic mass is 10.2. The van der Waals surface area contributed by atoms with Crippen LogP contribution in [0.25, 0.3) is 0 Å². The van der Waals surface area contributed by atoms with E-state index in [1.165, 1.54) is 0 Å². The molecular weight excluding hydrogens is 474 g/mol. The average molecular weight is 500 g/mol. The van der Waals surface area contributed by atoms with Crippen molar-refractivity contribution in [2.24, 2.45) is 0 Å². The molecule has 11 heteroatoms. The molecule has 0 saturated carbocycles. The van der Waals surface area contributed by atoms with E-state index in [9.17, 15) is 9.00 Å². The van der Waals surface area contributed by atoms with Crippen molar-refractivity contribution in [3.8, 4) is 5.75 Å². The summed E-state index contributed by atoms with van der Waals surface area (Å²) in [5.74, 6) is 2.07. The van der Waals surface area contributed by atoms with Crippen molar-refractivity contribution in [2.75, 3.05) is 48.0 Å². The summed E-state index contributed by atoms with van der Waals surface area (Å²) in [6.07, 6.45) is 3.13. The number of nitrogens with one attached hydrogen (secondary N) is 2. The van der Waals surface area contributed by atoms with Crippen LogP contribution in [0.3, 0.4) is 0 Å². The quantitative estimate of drug-likeness (QED) is 0.420. The number of aromatic nitrogens is 2. The first-order chi connectivity index (χ1) is 16.5. The van der Waals surface area contributed by atoms with Gasteiger partial charge in [-0.25, -0.2) is 4.98 Å². The van der Waals surface area contributed by atoms with Crippen LogP contribution in [0.1, 0.15) is 6.92 Å². The highest BCUT2D eigenvalue weighted by molar-refractivity contribution is 8.00. The molecule has 0 bridgehead atoms. The molecule has 0 spiro atoms. The van der Waals surface area contributed by atoms with Gasteiger partial charge in [-0.05, 0) is 36.4 Å². The molecule has 178 valence electrons. The number of amides is 1. The fraction of sp³-hybridized carbons (Fsp3) is 0.261. The van der Waals surface area contributed by atoms with Crippen molar-refractivity contribution in [1.29, 1.82) is 0 Å². The van der Waals surface area contributed by atoms with Crippen LogP contribution in [-0.2, 0) is 20.3 Å². The van der Waals surface area contributed by atoms with Gasteiger partial charge in [0.1, 0.15) is 12.4 Å². The lowest BCUT2D eigenvalue weighted by molar-refractivity contribution is -0.116. The van der Waals surface area contributed by atoms with Crippen LogP contribution >= 0.6 is 11.8 Å². The molecular formula is C23H25N5O4S2. The summed E-state index contributed by atoms with van der Waals surface area (Å²) in [7, 11) is 0.326. The van der Waals surface area contributed by atoms with Gasteiger partial charge in [0.25, 0.3) is 0 Å². The predicted molar refractivity (Wildman–Crippen MR) is 135 cm³/mol. The highest BCUT2D eigenvalue weighted by Gasteiger charge is 2.25. The Balaban J connectivity index is 1.56. The molecule has 2 aromatic carbocycles. The first kappa shape index (κ1) is 24.0. The Hall–Kier alpha value is -3.15. The molecule has 2 heterocycles. The summed E-state index contributed by atoms with van der Waals surface area (Å²) < 4.78 is 22.9. The third kappa shape index (κ3) is 5.49. The molecule has 0 aliphatic carbocycles. The van der Waals surface area contributed by atoms with E-state index in [1.54, 1.807) is 43.1 Å². The maximum atomic E-state index is 12.3. The Bertz CT molecular complexity index is 1210. The smallest absolute Gasteiger partial charge is 0.229 e. The molecule has 9 nitrogen and oxygen atoms in total. The minimum absolute atomic E-state index is 0.0117. The fourth-order valence-corrected chi connectivity index (χ4v) is 5.06. The number of rotatable bonds is 9. The molecule has 4 rings (SSSR count). The average Bonchev–Trinajstić information content (AvgIpc) is 3.26. The van der Waals surface area contributed by atoms with Crippen LogP contribution < -0.4 is 20.3 Å². The molecule has 1 aliphatic rings. The maximum Gasteiger partial charge on any atom is 0.229 e. The first-order valence-corrected chi connectivity index (χ1v) is 13.0. The van der Waals surface area contributed by atoms with Crippen LogP contribution in [-0.4, -0.2) is 52.5 Å². The number of carbonyl (C=O) groups excluding carboxylic acids is 1. The minimum atomic E-state index is -1.30. The SMILES string of the molecule is COCCOc1ccc(Nc2ncc(S(C)=O)c(Nc3cccc4c3SCN4C(C)=O)n2)cc1. The van der Waals surface area contributed by atoms with Crippen LogP contribution in [0.4, 0.5) is 28.8 Å². The maximum absolute atomic E-state index is 12.3. The minimum Gasteiger partial charge on any atom is -0.491 e. The van der Waals surface area contributed by atoms with Crippen molar-refractivity contribution in [3.05, 3.63) is 48.7 Å². The second-order valence-electron chi connectivity index (χ2n) is 7.35. The van der Waals surface area contributed by atoms with Crippen molar-refractivity contribution in [2.45, 2.75) is 16.7 Å². The van der Waals surface area contributed by atoms with Gasteiger partial charge in [0.15, 0.2) is 5.82 Å². The number of ether oxygens (including phenoxy) is 2. The van der Waals surface area contributed by atoms with Gasteiger partial charge < -0.3 is 25.0 Å². The Morgan fingerprint density at radius 2 is 1.97 bits per heavy atom. The molecule has 0 fully saturated rings. The molecule has 0 saturated heterocycles. The predicted octanol–water partition coefficient (Wildman–Crippen LogP) is 4.14. The number of benzene rings is 2. The van der Waals surface area contributed by atoms with Gasteiger partial charge >= 0.3 is 0 Å². The summed E-state index contributed by atoms with van der Waals surface area (Å²) in [5.41, 5.74) is 2.42. The van der Waals surface area contributed by atoms with Crippen molar-refractivity contribution >= 4 is 57.3 Å². The van der Waals surface area contributed by atoms with Gasteiger partial charge in [0, 0.05) is 26.0 Å². The second kappa shape index (κ2) is 10.9.